The summed E-state index contributed by atoms with van der Waals surface area (Å²) in [5, 5.41) is 7.26. The van der Waals surface area contributed by atoms with Crippen molar-refractivity contribution in [2.24, 2.45) is 0 Å². The SMILES string of the molecule is Cc1cnc(N[C@H]2CC[C@@H](NC(=O)c3cccc(Cl)c3)CC2)cc1N(C)C.Cl. The molecule has 0 saturated heterocycles. The predicted octanol–water partition coefficient (Wildman–Crippen LogP) is 4.68. The fraction of sp³-hybridized carbons (Fsp3) is 0.429. The molecule has 1 heterocycles. The molecule has 1 aliphatic carbocycles. The Labute approximate surface area is 178 Å². The minimum absolute atomic E-state index is 0. The van der Waals surface area contributed by atoms with Crippen LogP contribution < -0.4 is 15.5 Å². The van der Waals surface area contributed by atoms with E-state index in [-0.39, 0.29) is 24.4 Å². The molecule has 1 fully saturated rings. The first-order chi connectivity index (χ1) is 12.9. The molecule has 0 unspecified atom stereocenters. The minimum atomic E-state index is -0.0512. The van der Waals surface area contributed by atoms with E-state index in [4.69, 9.17) is 11.6 Å². The molecule has 7 heteroatoms. The number of rotatable bonds is 5. The highest BCUT2D eigenvalue weighted by Crippen LogP contribution is 2.25. The Bertz CT molecular complexity index is 805. The van der Waals surface area contributed by atoms with Crippen LogP contribution in [0.5, 0.6) is 0 Å². The van der Waals surface area contributed by atoms with Gasteiger partial charge < -0.3 is 15.5 Å². The lowest BCUT2D eigenvalue weighted by Gasteiger charge is -2.30. The van der Waals surface area contributed by atoms with Crippen LogP contribution in [0.1, 0.15) is 41.6 Å². The Balaban J connectivity index is 0.00000280. The van der Waals surface area contributed by atoms with Crippen LogP contribution in [-0.2, 0) is 0 Å². The molecule has 1 aromatic heterocycles. The number of nitrogens with zero attached hydrogens (tertiary/aromatic N) is 2. The lowest BCUT2D eigenvalue weighted by molar-refractivity contribution is 0.0926. The Morgan fingerprint density at radius 3 is 2.46 bits per heavy atom. The summed E-state index contributed by atoms with van der Waals surface area (Å²) in [4.78, 5) is 19.0. The van der Waals surface area contributed by atoms with E-state index in [0.29, 0.717) is 16.6 Å². The molecule has 0 radical (unpaired) electrons. The van der Waals surface area contributed by atoms with Gasteiger partial charge in [0.05, 0.1) is 0 Å². The summed E-state index contributed by atoms with van der Waals surface area (Å²) in [6, 6.07) is 9.76. The van der Waals surface area contributed by atoms with E-state index in [1.54, 1.807) is 24.3 Å². The average Bonchev–Trinajstić information content (AvgIpc) is 2.64. The average molecular weight is 423 g/mol. The fourth-order valence-electron chi connectivity index (χ4n) is 3.56. The third-order valence-electron chi connectivity index (χ3n) is 5.06. The Morgan fingerprint density at radius 2 is 1.82 bits per heavy atom. The summed E-state index contributed by atoms with van der Waals surface area (Å²) in [5.41, 5.74) is 2.95. The van der Waals surface area contributed by atoms with Crippen molar-refractivity contribution in [1.29, 1.82) is 0 Å². The van der Waals surface area contributed by atoms with Gasteiger partial charge in [0.1, 0.15) is 5.82 Å². The number of aromatic nitrogens is 1. The number of benzene rings is 1. The van der Waals surface area contributed by atoms with Crippen molar-refractivity contribution >= 4 is 41.4 Å². The number of aryl methyl sites for hydroxylation is 1. The van der Waals surface area contributed by atoms with Crippen molar-refractivity contribution in [3.8, 4) is 0 Å². The first-order valence-electron chi connectivity index (χ1n) is 9.39. The molecule has 1 saturated carbocycles. The van der Waals surface area contributed by atoms with Gasteiger partial charge in [-0.25, -0.2) is 4.98 Å². The Hall–Kier alpha value is -1.98. The van der Waals surface area contributed by atoms with Gasteiger partial charge in [0.15, 0.2) is 0 Å². The lowest BCUT2D eigenvalue weighted by Crippen LogP contribution is -2.40. The summed E-state index contributed by atoms with van der Waals surface area (Å²) < 4.78 is 0. The van der Waals surface area contributed by atoms with E-state index in [1.807, 2.05) is 20.3 Å². The van der Waals surface area contributed by atoms with Crippen LogP contribution in [0.25, 0.3) is 0 Å². The summed E-state index contributed by atoms with van der Waals surface area (Å²) >= 11 is 5.97. The highest BCUT2D eigenvalue weighted by Gasteiger charge is 2.23. The molecule has 5 nitrogen and oxygen atoms in total. The minimum Gasteiger partial charge on any atom is -0.377 e. The number of hydrogen-bond acceptors (Lipinski definition) is 4. The third kappa shape index (κ3) is 5.76. The van der Waals surface area contributed by atoms with Gasteiger partial charge in [0.25, 0.3) is 5.91 Å². The number of carbonyl (C=O) groups is 1. The zero-order chi connectivity index (χ0) is 19.4. The van der Waals surface area contributed by atoms with Crippen molar-refractivity contribution in [1.82, 2.24) is 10.3 Å². The lowest BCUT2D eigenvalue weighted by atomic mass is 9.91. The second kappa shape index (κ2) is 9.99. The maximum Gasteiger partial charge on any atom is 0.251 e. The molecule has 0 spiro atoms. The standard InChI is InChI=1S/C21H27ClN4O.ClH/c1-14-13-23-20(12-19(14)26(2)3)24-17-7-9-18(10-8-17)25-21(27)15-5-4-6-16(22)11-15;/h4-6,11-13,17-18H,7-10H2,1-3H3,(H,23,24)(H,25,27);1H/t17-,18+;. The van der Waals surface area contributed by atoms with E-state index in [1.165, 1.54) is 5.69 Å². The predicted molar refractivity (Wildman–Crippen MR) is 119 cm³/mol. The van der Waals surface area contributed by atoms with Crippen molar-refractivity contribution in [2.45, 2.75) is 44.7 Å². The van der Waals surface area contributed by atoms with Crippen molar-refractivity contribution < 1.29 is 4.79 Å². The molecule has 1 amide bonds. The van der Waals surface area contributed by atoms with Gasteiger partial charge >= 0.3 is 0 Å². The third-order valence-corrected chi connectivity index (χ3v) is 5.29. The highest BCUT2D eigenvalue weighted by molar-refractivity contribution is 6.30. The van der Waals surface area contributed by atoms with Crippen LogP contribution in [0, 0.1) is 6.92 Å². The number of pyridine rings is 1. The van der Waals surface area contributed by atoms with Crippen LogP contribution in [0.3, 0.4) is 0 Å². The van der Waals surface area contributed by atoms with Crippen LogP contribution >= 0.6 is 24.0 Å². The summed E-state index contributed by atoms with van der Waals surface area (Å²) in [5.74, 6) is 0.862. The van der Waals surface area contributed by atoms with E-state index < -0.39 is 0 Å². The zero-order valence-corrected chi connectivity index (χ0v) is 18.1. The molecule has 0 bridgehead atoms. The van der Waals surface area contributed by atoms with Gasteiger partial charge in [-0.05, 0) is 56.4 Å². The molecular formula is C21H28Cl2N4O. The fourth-order valence-corrected chi connectivity index (χ4v) is 3.75. The quantitative estimate of drug-likeness (QED) is 0.733. The van der Waals surface area contributed by atoms with Gasteiger partial charge in [0, 0.05) is 54.7 Å². The smallest absolute Gasteiger partial charge is 0.251 e. The number of hydrogen-bond donors (Lipinski definition) is 2. The van der Waals surface area contributed by atoms with Crippen molar-refractivity contribution in [3.63, 3.8) is 0 Å². The van der Waals surface area contributed by atoms with Crippen LogP contribution in [0.15, 0.2) is 36.5 Å². The van der Waals surface area contributed by atoms with E-state index in [9.17, 15) is 4.79 Å². The molecule has 1 aliphatic rings. The summed E-state index contributed by atoms with van der Waals surface area (Å²) in [6.45, 7) is 2.07. The Kier molecular flexibility index (Phi) is 7.96. The normalized spacial score (nSPS) is 18.7. The number of nitrogens with one attached hydrogen (secondary N) is 2. The molecule has 2 N–H and O–H groups in total. The number of anilines is 2. The number of amides is 1. The molecule has 3 rings (SSSR count). The maximum absolute atomic E-state index is 12.4. The van der Waals surface area contributed by atoms with Gasteiger partial charge in [-0.2, -0.15) is 0 Å². The van der Waals surface area contributed by atoms with Crippen LogP contribution in [0.2, 0.25) is 5.02 Å². The number of halogens is 2. The van der Waals surface area contributed by atoms with E-state index in [0.717, 1.165) is 37.1 Å². The zero-order valence-electron chi connectivity index (χ0n) is 16.5. The Morgan fingerprint density at radius 1 is 1.14 bits per heavy atom. The second-order valence-corrected chi connectivity index (χ2v) is 7.86. The molecule has 1 aromatic carbocycles. The number of carbonyl (C=O) groups excluding carboxylic acids is 1. The van der Waals surface area contributed by atoms with Gasteiger partial charge in [0.2, 0.25) is 0 Å². The monoisotopic (exact) mass is 422 g/mol. The van der Waals surface area contributed by atoms with Crippen molar-refractivity contribution in [3.05, 3.63) is 52.7 Å². The molecule has 0 aliphatic heterocycles. The van der Waals surface area contributed by atoms with E-state index >= 15 is 0 Å². The molecular weight excluding hydrogens is 395 g/mol. The molecule has 152 valence electrons. The van der Waals surface area contributed by atoms with E-state index in [2.05, 4.69) is 33.5 Å². The van der Waals surface area contributed by atoms with Gasteiger partial charge in [-0.15, -0.1) is 12.4 Å². The second-order valence-electron chi connectivity index (χ2n) is 7.43. The largest absolute Gasteiger partial charge is 0.377 e. The van der Waals surface area contributed by atoms with Crippen LogP contribution in [-0.4, -0.2) is 37.1 Å². The van der Waals surface area contributed by atoms with Gasteiger partial charge in [-0.1, -0.05) is 17.7 Å². The molecule has 2 aromatic rings. The summed E-state index contributed by atoms with van der Waals surface area (Å²) in [7, 11) is 4.08. The highest BCUT2D eigenvalue weighted by atomic mass is 35.5. The molecule has 28 heavy (non-hydrogen) atoms. The van der Waals surface area contributed by atoms with Gasteiger partial charge in [-0.3, -0.25) is 4.79 Å². The maximum atomic E-state index is 12.4. The first-order valence-corrected chi connectivity index (χ1v) is 9.77. The molecule has 0 atom stereocenters. The first kappa shape index (κ1) is 22.3. The topological polar surface area (TPSA) is 57.3 Å². The van der Waals surface area contributed by atoms with Crippen LogP contribution in [0.4, 0.5) is 11.5 Å². The summed E-state index contributed by atoms with van der Waals surface area (Å²) in [6.07, 6.45) is 5.84. The van der Waals surface area contributed by atoms with Crippen molar-refractivity contribution in [2.75, 3.05) is 24.3 Å².